The maximum Gasteiger partial charge on any atom is 0.286 e. The summed E-state index contributed by atoms with van der Waals surface area (Å²) in [6.07, 6.45) is -2.93. The minimum absolute atomic E-state index is 0.424. The molecule has 0 atom stereocenters. The first-order chi connectivity index (χ1) is 6.43. The molecule has 0 saturated carbocycles. The van der Waals surface area contributed by atoms with E-state index in [1.54, 1.807) is 0 Å². The number of hydrogen-bond donors (Lipinski definition) is 0. The number of alkyl halides is 2. The molecule has 0 aliphatic heterocycles. The van der Waals surface area contributed by atoms with Crippen LogP contribution in [0.15, 0.2) is 16.6 Å². The second kappa shape index (κ2) is 3.95. The summed E-state index contributed by atoms with van der Waals surface area (Å²) in [6.45, 7) is 0. The number of nitro groups is 1. The van der Waals surface area contributed by atoms with Crippen LogP contribution in [0.2, 0.25) is 0 Å². The van der Waals surface area contributed by atoms with Crippen molar-refractivity contribution >= 4 is 21.6 Å². The molecule has 0 radical (unpaired) electrons. The Balaban J connectivity index is 3.35. The van der Waals surface area contributed by atoms with Crippen molar-refractivity contribution in [2.75, 3.05) is 0 Å². The van der Waals surface area contributed by atoms with Crippen molar-refractivity contribution in [1.82, 2.24) is 0 Å². The van der Waals surface area contributed by atoms with Gasteiger partial charge in [-0.1, -0.05) is 0 Å². The van der Waals surface area contributed by atoms with E-state index in [0.717, 1.165) is 0 Å². The highest BCUT2D eigenvalue weighted by Crippen LogP contribution is 2.32. The van der Waals surface area contributed by atoms with Crippen molar-refractivity contribution in [3.8, 4) is 0 Å². The van der Waals surface area contributed by atoms with E-state index >= 15 is 0 Å². The monoisotopic (exact) mass is 269 g/mol. The molecule has 1 rings (SSSR count). The van der Waals surface area contributed by atoms with Crippen LogP contribution in [0.4, 0.5) is 18.9 Å². The zero-order valence-corrected chi connectivity index (χ0v) is 8.09. The Kier molecular flexibility index (Phi) is 3.10. The molecule has 7 heteroatoms. The quantitative estimate of drug-likeness (QED) is 0.610. The maximum atomic E-state index is 12.9. The first-order valence-electron chi connectivity index (χ1n) is 3.35. The Hall–Kier alpha value is -1.11. The molecule has 14 heavy (non-hydrogen) atoms. The van der Waals surface area contributed by atoms with Crippen LogP contribution < -0.4 is 0 Å². The van der Waals surface area contributed by atoms with Gasteiger partial charge in [0.25, 0.3) is 12.1 Å². The molecule has 0 aliphatic carbocycles. The fraction of sp³-hybridized carbons (Fsp3) is 0.143. The number of nitrogens with zero attached hydrogens (tertiary/aromatic N) is 1. The first kappa shape index (κ1) is 11.0. The summed E-state index contributed by atoms with van der Waals surface area (Å²) in [5.41, 5.74) is -1.42. The summed E-state index contributed by atoms with van der Waals surface area (Å²) in [6, 6.07) is 1.19. The van der Waals surface area contributed by atoms with Crippen LogP contribution in [0.25, 0.3) is 0 Å². The molecule has 0 aromatic heterocycles. The van der Waals surface area contributed by atoms with Gasteiger partial charge in [0.15, 0.2) is 0 Å². The number of benzene rings is 1. The molecule has 1 aromatic carbocycles. The standard InChI is InChI=1S/C7H3BrF3NO2/c8-6-4(9)1-3(7(10)11)2-5(6)12(13)14/h1-2,7H. The first-order valence-corrected chi connectivity index (χ1v) is 4.14. The Morgan fingerprint density at radius 2 is 2.00 bits per heavy atom. The average molecular weight is 270 g/mol. The molecule has 0 heterocycles. The summed E-state index contributed by atoms with van der Waals surface area (Å²) in [5, 5.41) is 10.3. The minimum atomic E-state index is -2.93. The van der Waals surface area contributed by atoms with Crippen molar-refractivity contribution in [1.29, 1.82) is 0 Å². The number of rotatable bonds is 2. The van der Waals surface area contributed by atoms with Gasteiger partial charge >= 0.3 is 0 Å². The van der Waals surface area contributed by atoms with Crippen LogP contribution in [-0.4, -0.2) is 4.92 Å². The van der Waals surface area contributed by atoms with Crippen molar-refractivity contribution in [2.45, 2.75) is 6.43 Å². The third kappa shape index (κ3) is 2.03. The van der Waals surface area contributed by atoms with Crippen LogP contribution >= 0.6 is 15.9 Å². The van der Waals surface area contributed by atoms with Gasteiger partial charge in [0.05, 0.1) is 4.92 Å². The van der Waals surface area contributed by atoms with Gasteiger partial charge in [-0.3, -0.25) is 10.1 Å². The summed E-state index contributed by atoms with van der Waals surface area (Å²) in [4.78, 5) is 9.38. The fourth-order valence-electron chi connectivity index (χ4n) is 0.854. The van der Waals surface area contributed by atoms with Crippen LogP contribution in [0, 0.1) is 15.9 Å². The molecule has 3 nitrogen and oxygen atoms in total. The van der Waals surface area contributed by atoms with E-state index < -0.39 is 32.9 Å². The number of halogens is 4. The number of nitro benzene ring substituents is 1. The normalized spacial score (nSPS) is 10.6. The van der Waals surface area contributed by atoms with Gasteiger partial charge in [-0.2, -0.15) is 0 Å². The zero-order valence-electron chi connectivity index (χ0n) is 6.51. The summed E-state index contributed by atoms with van der Waals surface area (Å²) >= 11 is 2.60. The van der Waals surface area contributed by atoms with E-state index in [1.165, 1.54) is 0 Å². The topological polar surface area (TPSA) is 43.1 Å². The van der Waals surface area contributed by atoms with Crippen molar-refractivity contribution in [3.05, 3.63) is 38.1 Å². The maximum absolute atomic E-state index is 12.9. The average Bonchev–Trinajstić information content (AvgIpc) is 2.08. The lowest BCUT2D eigenvalue weighted by molar-refractivity contribution is -0.386. The van der Waals surface area contributed by atoms with E-state index in [-0.39, 0.29) is 0 Å². The zero-order chi connectivity index (χ0) is 10.9. The Labute approximate surface area is 84.8 Å². The highest BCUT2D eigenvalue weighted by atomic mass is 79.9. The molecule has 0 N–H and O–H groups in total. The lowest BCUT2D eigenvalue weighted by Crippen LogP contribution is -1.95. The molecule has 0 bridgehead atoms. The SMILES string of the molecule is O=[N+]([O-])c1cc(C(F)F)cc(F)c1Br. The van der Waals surface area contributed by atoms with Crippen LogP contribution in [0.1, 0.15) is 12.0 Å². The Morgan fingerprint density at radius 3 is 2.43 bits per heavy atom. The molecular formula is C7H3BrF3NO2. The third-order valence-corrected chi connectivity index (χ3v) is 2.27. The second-order valence-corrected chi connectivity index (χ2v) is 3.19. The van der Waals surface area contributed by atoms with Crippen molar-refractivity contribution < 1.29 is 18.1 Å². The van der Waals surface area contributed by atoms with Gasteiger partial charge in [-0.05, 0) is 22.0 Å². The number of hydrogen-bond acceptors (Lipinski definition) is 2. The van der Waals surface area contributed by atoms with Crippen LogP contribution in [-0.2, 0) is 0 Å². The van der Waals surface area contributed by atoms with Gasteiger partial charge in [0, 0.05) is 11.6 Å². The Bertz CT molecular complexity index is 383. The summed E-state index contributed by atoms with van der Waals surface area (Å²) in [7, 11) is 0. The Morgan fingerprint density at radius 1 is 1.43 bits per heavy atom. The fourth-order valence-corrected chi connectivity index (χ4v) is 1.23. The van der Waals surface area contributed by atoms with E-state index in [1.807, 2.05) is 0 Å². The van der Waals surface area contributed by atoms with Crippen LogP contribution in [0.5, 0.6) is 0 Å². The molecule has 0 unspecified atom stereocenters. The summed E-state index contributed by atoms with van der Waals surface area (Å²) in [5.74, 6) is -1.07. The molecule has 1 aromatic rings. The second-order valence-electron chi connectivity index (χ2n) is 2.39. The van der Waals surface area contributed by atoms with Gasteiger partial charge in [0.1, 0.15) is 10.3 Å². The molecule has 0 aliphatic rings. The predicted molar refractivity (Wildman–Crippen MR) is 45.7 cm³/mol. The largest absolute Gasteiger partial charge is 0.286 e. The van der Waals surface area contributed by atoms with E-state index in [4.69, 9.17) is 0 Å². The molecule has 0 saturated heterocycles. The lowest BCUT2D eigenvalue weighted by atomic mass is 10.2. The van der Waals surface area contributed by atoms with Gasteiger partial charge in [0.2, 0.25) is 0 Å². The highest BCUT2D eigenvalue weighted by Gasteiger charge is 2.21. The molecule has 76 valence electrons. The minimum Gasteiger partial charge on any atom is -0.258 e. The van der Waals surface area contributed by atoms with Gasteiger partial charge in [-0.15, -0.1) is 0 Å². The molecule has 0 amide bonds. The smallest absolute Gasteiger partial charge is 0.258 e. The molecular weight excluding hydrogens is 267 g/mol. The van der Waals surface area contributed by atoms with Gasteiger partial charge in [-0.25, -0.2) is 13.2 Å². The molecule has 0 fully saturated rings. The van der Waals surface area contributed by atoms with Crippen molar-refractivity contribution in [2.24, 2.45) is 0 Å². The predicted octanol–water partition coefficient (Wildman–Crippen LogP) is 3.43. The molecule has 0 spiro atoms. The third-order valence-electron chi connectivity index (χ3n) is 1.48. The highest BCUT2D eigenvalue weighted by molar-refractivity contribution is 9.10. The van der Waals surface area contributed by atoms with Crippen LogP contribution in [0.3, 0.4) is 0 Å². The lowest BCUT2D eigenvalue weighted by Gasteiger charge is -2.02. The summed E-state index contributed by atoms with van der Waals surface area (Å²) < 4.78 is 36.7. The van der Waals surface area contributed by atoms with E-state index in [0.29, 0.717) is 12.1 Å². The van der Waals surface area contributed by atoms with Crippen molar-refractivity contribution in [3.63, 3.8) is 0 Å². The van der Waals surface area contributed by atoms with E-state index in [9.17, 15) is 23.3 Å². The van der Waals surface area contributed by atoms with E-state index in [2.05, 4.69) is 15.9 Å². The van der Waals surface area contributed by atoms with Gasteiger partial charge < -0.3 is 0 Å².